The molecule has 1 aromatic carbocycles. The normalized spacial score (nSPS) is 16.8. The van der Waals surface area contributed by atoms with E-state index in [1.54, 1.807) is 6.07 Å². The van der Waals surface area contributed by atoms with Gasteiger partial charge >= 0.3 is 5.97 Å². The first kappa shape index (κ1) is 12.7. The van der Waals surface area contributed by atoms with Gasteiger partial charge in [0.2, 0.25) is 0 Å². The van der Waals surface area contributed by atoms with Crippen LogP contribution in [-0.4, -0.2) is 25.3 Å². The summed E-state index contributed by atoms with van der Waals surface area (Å²) < 4.78 is 9.85. The van der Waals surface area contributed by atoms with Gasteiger partial charge in [0.25, 0.3) is 0 Å². The van der Waals surface area contributed by atoms with Crippen molar-refractivity contribution >= 4 is 5.97 Å². The number of carbonyl (C=O) groups excluding carboxylic acids is 1. The molecule has 1 aromatic rings. The third-order valence-electron chi connectivity index (χ3n) is 3.51. The molecule has 18 heavy (non-hydrogen) atoms. The van der Waals surface area contributed by atoms with Crippen molar-refractivity contribution in [2.24, 2.45) is 5.73 Å². The molecular formula is C13H17NO4. The van der Waals surface area contributed by atoms with E-state index in [1.165, 1.54) is 20.3 Å². The molecular weight excluding hydrogens is 234 g/mol. The smallest absolute Gasteiger partial charge is 0.341 e. The van der Waals surface area contributed by atoms with Crippen LogP contribution in [0, 0.1) is 0 Å². The molecule has 0 aromatic heterocycles. The highest BCUT2D eigenvalue weighted by Gasteiger charge is 2.37. The molecule has 3 N–H and O–H groups in total. The first-order valence-electron chi connectivity index (χ1n) is 5.80. The summed E-state index contributed by atoms with van der Waals surface area (Å²) in [4.78, 5) is 11.6. The fourth-order valence-electron chi connectivity index (χ4n) is 2.23. The van der Waals surface area contributed by atoms with Crippen molar-refractivity contribution in [1.82, 2.24) is 0 Å². The van der Waals surface area contributed by atoms with E-state index >= 15 is 0 Å². The van der Waals surface area contributed by atoms with Crippen molar-refractivity contribution in [2.45, 2.75) is 24.8 Å². The molecule has 0 heterocycles. The third kappa shape index (κ3) is 1.90. The highest BCUT2D eigenvalue weighted by molar-refractivity contribution is 5.93. The zero-order chi connectivity index (χ0) is 13.3. The molecule has 0 spiro atoms. The molecule has 0 aliphatic heterocycles. The molecule has 2 rings (SSSR count). The number of hydrogen-bond donors (Lipinski definition) is 2. The van der Waals surface area contributed by atoms with E-state index in [9.17, 15) is 9.90 Å². The van der Waals surface area contributed by atoms with E-state index in [2.05, 4.69) is 4.74 Å². The van der Waals surface area contributed by atoms with Crippen LogP contribution in [0.5, 0.6) is 11.5 Å². The lowest BCUT2D eigenvalue weighted by Crippen LogP contribution is -2.43. The first-order valence-corrected chi connectivity index (χ1v) is 5.80. The Bertz CT molecular complexity index is 480. The second-order valence-corrected chi connectivity index (χ2v) is 4.57. The number of nitrogens with two attached hydrogens (primary N) is 1. The molecule has 5 heteroatoms. The first-order chi connectivity index (χ1) is 8.51. The molecule has 0 bridgehead atoms. The maximum Gasteiger partial charge on any atom is 0.341 e. The SMILES string of the molecule is COC(=O)c1cc(C2(N)CCC2)c(OC)cc1O. The van der Waals surface area contributed by atoms with Gasteiger partial charge in [-0.2, -0.15) is 0 Å². The van der Waals surface area contributed by atoms with Gasteiger partial charge in [-0.3, -0.25) is 0 Å². The summed E-state index contributed by atoms with van der Waals surface area (Å²) >= 11 is 0. The zero-order valence-electron chi connectivity index (χ0n) is 10.5. The quantitative estimate of drug-likeness (QED) is 0.796. The van der Waals surface area contributed by atoms with Gasteiger partial charge in [-0.1, -0.05) is 0 Å². The van der Waals surface area contributed by atoms with E-state index < -0.39 is 11.5 Å². The maximum atomic E-state index is 11.6. The largest absolute Gasteiger partial charge is 0.507 e. The number of esters is 1. The number of ether oxygens (including phenoxy) is 2. The number of carbonyl (C=O) groups is 1. The molecule has 1 aliphatic carbocycles. The minimum atomic E-state index is -0.584. The van der Waals surface area contributed by atoms with Gasteiger partial charge in [0.15, 0.2) is 0 Å². The zero-order valence-corrected chi connectivity index (χ0v) is 10.5. The Balaban J connectivity index is 2.53. The van der Waals surface area contributed by atoms with Crippen molar-refractivity contribution in [3.63, 3.8) is 0 Å². The van der Waals surface area contributed by atoms with Gasteiger partial charge in [0.1, 0.15) is 17.1 Å². The Morgan fingerprint density at radius 1 is 1.39 bits per heavy atom. The minimum absolute atomic E-state index is 0.116. The highest BCUT2D eigenvalue weighted by atomic mass is 16.5. The number of hydrogen-bond acceptors (Lipinski definition) is 5. The molecule has 0 unspecified atom stereocenters. The van der Waals surface area contributed by atoms with Crippen LogP contribution in [0.2, 0.25) is 0 Å². The highest BCUT2D eigenvalue weighted by Crippen LogP contribution is 2.44. The summed E-state index contributed by atoms with van der Waals surface area (Å²) in [6.07, 6.45) is 2.73. The Hall–Kier alpha value is -1.75. The van der Waals surface area contributed by atoms with Crippen molar-refractivity contribution in [3.05, 3.63) is 23.3 Å². The van der Waals surface area contributed by atoms with Crippen LogP contribution in [-0.2, 0) is 10.3 Å². The van der Waals surface area contributed by atoms with Gasteiger partial charge in [-0.25, -0.2) is 4.79 Å². The standard InChI is InChI=1S/C13H17NO4/c1-17-11-7-10(15)8(12(16)18-2)6-9(11)13(14)4-3-5-13/h6-7,15H,3-5,14H2,1-2H3. The second kappa shape index (κ2) is 4.49. The summed E-state index contributed by atoms with van der Waals surface area (Å²) in [6.45, 7) is 0. The number of aromatic hydroxyl groups is 1. The average Bonchev–Trinajstić information content (AvgIpc) is 2.34. The molecule has 5 nitrogen and oxygen atoms in total. The molecule has 0 atom stereocenters. The summed E-state index contributed by atoms with van der Waals surface area (Å²) in [5.74, 6) is -0.243. The summed E-state index contributed by atoms with van der Waals surface area (Å²) in [6, 6.07) is 2.98. The summed E-state index contributed by atoms with van der Waals surface area (Å²) in [7, 11) is 2.78. The van der Waals surface area contributed by atoms with Gasteiger partial charge in [-0.15, -0.1) is 0 Å². The minimum Gasteiger partial charge on any atom is -0.507 e. The van der Waals surface area contributed by atoms with E-state index in [4.69, 9.17) is 10.5 Å². The van der Waals surface area contributed by atoms with Crippen molar-refractivity contribution in [2.75, 3.05) is 14.2 Å². The third-order valence-corrected chi connectivity index (χ3v) is 3.51. The van der Waals surface area contributed by atoms with E-state index in [-0.39, 0.29) is 11.3 Å². The average molecular weight is 251 g/mol. The molecule has 0 amide bonds. The van der Waals surface area contributed by atoms with Gasteiger partial charge in [0, 0.05) is 17.2 Å². The van der Waals surface area contributed by atoms with E-state index in [0.29, 0.717) is 5.75 Å². The van der Waals surface area contributed by atoms with Gasteiger partial charge in [0.05, 0.1) is 14.2 Å². The van der Waals surface area contributed by atoms with Gasteiger partial charge < -0.3 is 20.3 Å². The molecule has 0 saturated heterocycles. The Morgan fingerprint density at radius 2 is 2.06 bits per heavy atom. The van der Waals surface area contributed by atoms with Crippen molar-refractivity contribution < 1.29 is 19.4 Å². The van der Waals surface area contributed by atoms with Crippen LogP contribution in [0.25, 0.3) is 0 Å². The lowest BCUT2D eigenvalue weighted by Gasteiger charge is -2.39. The fraction of sp³-hybridized carbons (Fsp3) is 0.462. The number of methoxy groups -OCH3 is 2. The molecule has 98 valence electrons. The number of phenolic OH excluding ortho intramolecular Hbond substituents is 1. The Morgan fingerprint density at radius 3 is 2.50 bits per heavy atom. The van der Waals surface area contributed by atoms with Gasteiger partial charge in [-0.05, 0) is 25.3 Å². The fourth-order valence-corrected chi connectivity index (χ4v) is 2.23. The summed E-state index contributed by atoms with van der Waals surface area (Å²) in [5.41, 5.74) is 6.64. The number of rotatable bonds is 3. The van der Waals surface area contributed by atoms with Crippen LogP contribution in [0.3, 0.4) is 0 Å². The number of benzene rings is 1. The topological polar surface area (TPSA) is 81.8 Å². The van der Waals surface area contributed by atoms with Crippen molar-refractivity contribution in [3.8, 4) is 11.5 Å². The van der Waals surface area contributed by atoms with Crippen LogP contribution < -0.4 is 10.5 Å². The lowest BCUT2D eigenvalue weighted by atomic mass is 9.72. The van der Waals surface area contributed by atoms with Crippen LogP contribution in [0.15, 0.2) is 12.1 Å². The van der Waals surface area contributed by atoms with E-state index in [1.807, 2.05) is 0 Å². The van der Waals surface area contributed by atoms with Crippen LogP contribution in [0.1, 0.15) is 35.2 Å². The monoisotopic (exact) mass is 251 g/mol. The van der Waals surface area contributed by atoms with Crippen molar-refractivity contribution in [1.29, 1.82) is 0 Å². The summed E-state index contributed by atoms with van der Waals surface area (Å²) in [5, 5.41) is 9.78. The Labute approximate surface area is 106 Å². The molecule has 0 radical (unpaired) electrons. The Kier molecular flexibility index (Phi) is 3.17. The maximum absolute atomic E-state index is 11.6. The predicted molar refractivity (Wildman–Crippen MR) is 65.7 cm³/mol. The second-order valence-electron chi connectivity index (χ2n) is 4.57. The molecule has 1 saturated carbocycles. The van der Waals surface area contributed by atoms with E-state index in [0.717, 1.165) is 24.8 Å². The van der Waals surface area contributed by atoms with Crippen LogP contribution in [0.4, 0.5) is 0 Å². The lowest BCUT2D eigenvalue weighted by molar-refractivity contribution is 0.0597. The number of phenols is 1. The van der Waals surface area contributed by atoms with Crippen LogP contribution >= 0.6 is 0 Å². The molecule has 1 aliphatic rings. The molecule has 1 fully saturated rings. The predicted octanol–water partition coefficient (Wildman–Crippen LogP) is 1.53.